The Kier molecular flexibility index (Phi) is 6.19. The van der Waals surface area contributed by atoms with Crippen molar-refractivity contribution in [2.75, 3.05) is 0 Å². The fourth-order valence-electron chi connectivity index (χ4n) is 2.35. The van der Waals surface area contributed by atoms with Crippen molar-refractivity contribution in [3.8, 4) is 5.75 Å². The molecule has 2 aromatic carbocycles. The quantitative estimate of drug-likeness (QED) is 0.706. The molecule has 0 aliphatic carbocycles. The topological polar surface area (TPSA) is 60.7 Å². The molecule has 0 aliphatic heterocycles. The Morgan fingerprint density at radius 3 is 2.39 bits per heavy atom. The van der Waals surface area contributed by atoms with Crippen molar-refractivity contribution in [3.63, 3.8) is 0 Å². The van der Waals surface area contributed by atoms with Gasteiger partial charge in [-0.2, -0.15) is 0 Å². The molecule has 0 bridgehead atoms. The van der Waals surface area contributed by atoms with Crippen molar-refractivity contribution >= 4 is 0 Å². The molecule has 0 unspecified atom stereocenters. The number of aliphatic hydroxyl groups excluding tert-OH is 2. The number of benzene rings is 2. The van der Waals surface area contributed by atoms with Crippen molar-refractivity contribution in [2.24, 2.45) is 0 Å². The maximum atomic E-state index is 10.2. The van der Waals surface area contributed by atoms with Crippen molar-refractivity contribution < 1.29 is 15.3 Å². The lowest BCUT2D eigenvalue weighted by Gasteiger charge is -2.10. The number of hydrogen-bond acceptors (Lipinski definition) is 3. The average Bonchev–Trinajstić information content (AvgIpc) is 2.55. The Morgan fingerprint density at radius 1 is 1.00 bits per heavy atom. The molecule has 120 valence electrons. The summed E-state index contributed by atoms with van der Waals surface area (Å²) in [5.74, 6) is 0.142. The van der Waals surface area contributed by atoms with Crippen LogP contribution in [0.3, 0.4) is 0 Å². The molecule has 0 aliphatic rings. The van der Waals surface area contributed by atoms with E-state index < -0.39 is 12.2 Å². The van der Waals surface area contributed by atoms with Gasteiger partial charge in [0.25, 0.3) is 0 Å². The molecule has 0 amide bonds. The lowest BCUT2D eigenvalue weighted by molar-refractivity contribution is 0.178. The smallest absolute Gasteiger partial charge is 0.115 e. The van der Waals surface area contributed by atoms with Crippen LogP contribution in [0.1, 0.15) is 43.1 Å². The highest BCUT2D eigenvalue weighted by molar-refractivity contribution is 5.29. The van der Waals surface area contributed by atoms with Gasteiger partial charge < -0.3 is 15.3 Å². The third kappa shape index (κ3) is 5.42. The zero-order chi connectivity index (χ0) is 16.7. The van der Waals surface area contributed by atoms with Crippen LogP contribution < -0.4 is 0 Å². The summed E-state index contributed by atoms with van der Waals surface area (Å²) in [6.07, 6.45) is 1.45. The Hall–Kier alpha value is -2.32. The molecule has 0 spiro atoms. The van der Waals surface area contributed by atoms with E-state index in [0.717, 1.165) is 11.1 Å². The van der Waals surface area contributed by atoms with Crippen molar-refractivity contribution in [1.29, 1.82) is 0 Å². The normalized spacial score (nSPS) is 13.0. The Morgan fingerprint density at radius 2 is 1.70 bits per heavy atom. The van der Waals surface area contributed by atoms with Crippen LogP contribution in [0.25, 0.3) is 0 Å². The van der Waals surface area contributed by atoms with E-state index in [1.165, 1.54) is 0 Å². The van der Waals surface area contributed by atoms with Crippen LogP contribution in [-0.4, -0.2) is 15.3 Å². The minimum atomic E-state index is -0.679. The second kappa shape index (κ2) is 8.35. The van der Waals surface area contributed by atoms with E-state index in [0.29, 0.717) is 18.4 Å². The molecular formula is C20H22O3. The van der Waals surface area contributed by atoms with Crippen LogP contribution in [0.2, 0.25) is 0 Å². The SMILES string of the molecule is CC(=C=CC[C@@H](O)c1cccc(O)c1)C[C@@H](O)c1ccccc1. The van der Waals surface area contributed by atoms with E-state index >= 15 is 0 Å². The van der Waals surface area contributed by atoms with Gasteiger partial charge in [-0.05, 0) is 41.8 Å². The van der Waals surface area contributed by atoms with E-state index in [2.05, 4.69) is 5.73 Å². The number of hydrogen-bond donors (Lipinski definition) is 3. The van der Waals surface area contributed by atoms with Gasteiger partial charge >= 0.3 is 0 Å². The second-order valence-corrected chi connectivity index (χ2v) is 5.61. The molecule has 2 rings (SSSR count). The van der Waals surface area contributed by atoms with E-state index in [1.54, 1.807) is 30.3 Å². The van der Waals surface area contributed by atoms with Gasteiger partial charge in [0, 0.05) is 12.8 Å². The highest BCUT2D eigenvalue weighted by Crippen LogP contribution is 2.22. The number of aliphatic hydroxyl groups is 2. The molecule has 0 heterocycles. The van der Waals surface area contributed by atoms with Crippen molar-refractivity contribution in [3.05, 3.63) is 83.1 Å². The second-order valence-electron chi connectivity index (χ2n) is 5.61. The molecule has 2 aromatic rings. The Labute approximate surface area is 136 Å². The molecule has 3 heteroatoms. The predicted molar refractivity (Wildman–Crippen MR) is 91.0 cm³/mol. The minimum Gasteiger partial charge on any atom is -0.508 e. The van der Waals surface area contributed by atoms with Crippen LogP contribution in [0.15, 0.2) is 72.0 Å². The third-order valence-electron chi connectivity index (χ3n) is 3.63. The molecule has 2 atom stereocenters. The van der Waals surface area contributed by atoms with Crippen LogP contribution in [-0.2, 0) is 0 Å². The van der Waals surface area contributed by atoms with Gasteiger partial charge in [0.2, 0.25) is 0 Å². The van der Waals surface area contributed by atoms with Gasteiger partial charge in [0.05, 0.1) is 12.2 Å². The van der Waals surface area contributed by atoms with Gasteiger partial charge in [-0.15, -0.1) is 5.73 Å². The summed E-state index contributed by atoms with van der Waals surface area (Å²) in [6.45, 7) is 1.91. The van der Waals surface area contributed by atoms with Crippen molar-refractivity contribution in [1.82, 2.24) is 0 Å². The molecule has 0 fully saturated rings. The summed E-state index contributed by atoms with van der Waals surface area (Å²) in [6, 6.07) is 16.1. The largest absolute Gasteiger partial charge is 0.508 e. The van der Waals surface area contributed by atoms with Gasteiger partial charge in [0.1, 0.15) is 5.75 Å². The van der Waals surface area contributed by atoms with Crippen molar-refractivity contribution in [2.45, 2.75) is 32.0 Å². The van der Waals surface area contributed by atoms with Gasteiger partial charge in [-0.1, -0.05) is 42.5 Å². The molecule has 3 nitrogen and oxygen atoms in total. The highest BCUT2D eigenvalue weighted by atomic mass is 16.3. The van der Waals surface area contributed by atoms with E-state index in [9.17, 15) is 15.3 Å². The Balaban J connectivity index is 1.94. The van der Waals surface area contributed by atoms with Gasteiger partial charge in [-0.25, -0.2) is 0 Å². The Bertz CT molecular complexity index is 685. The zero-order valence-electron chi connectivity index (χ0n) is 13.2. The van der Waals surface area contributed by atoms with E-state index in [4.69, 9.17) is 0 Å². The summed E-state index contributed by atoms with van der Waals surface area (Å²) in [5.41, 5.74) is 5.58. The van der Waals surface area contributed by atoms with E-state index in [-0.39, 0.29) is 5.75 Å². The molecule has 0 saturated carbocycles. The first-order valence-electron chi connectivity index (χ1n) is 7.67. The van der Waals surface area contributed by atoms with Gasteiger partial charge in [0.15, 0.2) is 0 Å². The summed E-state index contributed by atoms with van der Waals surface area (Å²) >= 11 is 0. The number of phenolic OH excluding ortho intramolecular Hbond substituents is 1. The monoisotopic (exact) mass is 310 g/mol. The van der Waals surface area contributed by atoms with Crippen LogP contribution in [0.5, 0.6) is 5.75 Å². The van der Waals surface area contributed by atoms with E-state index in [1.807, 2.05) is 37.3 Å². The average molecular weight is 310 g/mol. The van der Waals surface area contributed by atoms with Crippen LogP contribution in [0.4, 0.5) is 0 Å². The molecule has 0 saturated heterocycles. The molecule has 0 aromatic heterocycles. The lowest BCUT2D eigenvalue weighted by Crippen LogP contribution is -1.97. The number of rotatable bonds is 6. The standard InChI is InChI=1S/C20H22O3/c1-15(13-20(23)16-8-3-2-4-9-16)7-5-12-19(22)17-10-6-11-18(21)14-17/h2-6,8-11,14,19-23H,12-13H2,1H3/t7?,19-,20-/m1/s1. The number of aromatic hydroxyl groups is 1. The fourth-order valence-corrected chi connectivity index (χ4v) is 2.35. The summed E-state index contributed by atoms with van der Waals surface area (Å²) < 4.78 is 0. The predicted octanol–water partition coefficient (Wildman–Crippen LogP) is 4.04. The summed E-state index contributed by atoms with van der Waals surface area (Å²) in [4.78, 5) is 0. The summed E-state index contributed by atoms with van der Waals surface area (Å²) in [5, 5.41) is 29.6. The summed E-state index contributed by atoms with van der Waals surface area (Å²) in [7, 11) is 0. The third-order valence-corrected chi connectivity index (χ3v) is 3.63. The maximum Gasteiger partial charge on any atom is 0.115 e. The molecule has 3 N–H and O–H groups in total. The highest BCUT2D eigenvalue weighted by Gasteiger charge is 2.08. The zero-order valence-corrected chi connectivity index (χ0v) is 13.2. The fraction of sp³-hybridized carbons (Fsp3) is 0.250. The first-order chi connectivity index (χ1) is 11.1. The maximum absolute atomic E-state index is 10.2. The first kappa shape index (κ1) is 17.0. The molecule has 23 heavy (non-hydrogen) atoms. The van der Waals surface area contributed by atoms with Crippen LogP contribution in [0, 0.1) is 0 Å². The number of phenols is 1. The minimum absolute atomic E-state index is 0.142. The van der Waals surface area contributed by atoms with Crippen LogP contribution >= 0.6 is 0 Å². The van der Waals surface area contributed by atoms with Gasteiger partial charge in [-0.3, -0.25) is 0 Å². The molecular weight excluding hydrogens is 288 g/mol. The lowest BCUT2D eigenvalue weighted by atomic mass is 10.0. The first-order valence-corrected chi connectivity index (χ1v) is 7.67. The molecule has 0 radical (unpaired) electrons.